The molecule has 0 aromatic heterocycles. The summed E-state index contributed by atoms with van der Waals surface area (Å²) in [7, 11) is 0. The average molecular weight is 370 g/mol. The van der Waals surface area contributed by atoms with Gasteiger partial charge in [-0.15, -0.1) is 0 Å². The van der Waals surface area contributed by atoms with E-state index < -0.39 is 52.5 Å². The highest BCUT2D eigenvalue weighted by Crippen LogP contribution is 2.30. The summed E-state index contributed by atoms with van der Waals surface area (Å²) in [4.78, 5) is 25.1. The van der Waals surface area contributed by atoms with Crippen molar-refractivity contribution in [3.63, 3.8) is 0 Å². The lowest BCUT2D eigenvalue weighted by Crippen LogP contribution is -2.29. The van der Waals surface area contributed by atoms with E-state index in [-0.39, 0.29) is 18.7 Å². The third-order valence-corrected chi connectivity index (χ3v) is 3.99. The van der Waals surface area contributed by atoms with Crippen molar-refractivity contribution in [1.29, 1.82) is 0 Å². The summed E-state index contributed by atoms with van der Waals surface area (Å²) in [5, 5.41) is 2.33. The molecule has 0 aliphatic carbocycles. The van der Waals surface area contributed by atoms with Crippen molar-refractivity contribution in [2.24, 2.45) is 5.92 Å². The number of anilines is 2. The fourth-order valence-electron chi connectivity index (χ4n) is 2.66. The zero-order chi connectivity index (χ0) is 19.0. The molecule has 2 amide bonds. The number of hydrogen-bond donors (Lipinski definition) is 1. The molecule has 1 saturated heterocycles. The topological polar surface area (TPSA) is 49.4 Å². The molecule has 1 aliphatic rings. The van der Waals surface area contributed by atoms with Crippen molar-refractivity contribution in [3.8, 4) is 0 Å². The largest absolute Gasteiger partial charge is 0.326 e. The first-order valence-electron chi connectivity index (χ1n) is 7.47. The molecule has 1 heterocycles. The quantitative estimate of drug-likeness (QED) is 0.665. The van der Waals surface area contributed by atoms with Gasteiger partial charge in [-0.2, -0.15) is 0 Å². The van der Waals surface area contributed by atoms with E-state index in [4.69, 9.17) is 0 Å². The number of carbonyl (C=O) groups excluding carboxylic acids is 2. The van der Waals surface area contributed by atoms with Crippen LogP contribution in [0.25, 0.3) is 0 Å². The van der Waals surface area contributed by atoms with E-state index in [1.54, 1.807) is 0 Å². The van der Waals surface area contributed by atoms with Crippen LogP contribution in [0.3, 0.4) is 0 Å². The van der Waals surface area contributed by atoms with E-state index in [9.17, 15) is 31.5 Å². The first-order valence-corrected chi connectivity index (χ1v) is 7.47. The number of halogens is 5. The monoisotopic (exact) mass is 370 g/mol. The van der Waals surface area contributed by atoms with Gasteiger partial charge < -0.3 is 10.2 Å². The molecule has 2 aromatic rings. The molecule has 0 bridgehead atoms. The van der Waals surface area contributed by atoms with Gasteiger partial charge in [0.2, 0.25) is 11.8 Å². The fourth-order valence-corrected chi connectivity index (χ4v) is 2.66. The lowest BCUT2D eigenvalue weighted by Gasteiger charge is -2.18. The maximum Gasteiger partial charge on any atom is 0.229 e. The van der Waals surface area contributed by atoms with Gasteiger partial charge in [0.25, 0.3) is 0 Å². The molecule has 1 unspecified atom stereocenters. The molecule has 2 aromatic carbocycles. The number of benzene rings is 2. The van der Waals surface area contributed by atoms with Crippen molar-refractivity contribution < 1.29 is 31.5 Å². The Balaban J connectivity index is 1.76. The van der Waals surface area contributed by atoms with E-state index in [0.717, 1.165) is 29.2 Å². The van der Waals surface area contributed by atoms with Gasteiger partial charge in [0.15, 0.2) is 29.1 Å². The van der Waals surface area contributed by atoms with Gasteiger partial charge in [0.1, 0.15) is 0 Å². The Labute approximate surface area is 144 Å². The lowest BCUT2D eigenvalue weighted by atomic mass is 10.1. The lowest BCUT2D eigenvalue weighted by molar-refractivity contribution is -0.122. The number of hydrogen-bond acceptors (Lipinski definition) is 2. The number of nitrogens with zero attached hydrogens (tertiary/aromatic N) is 1. The van der Waals surface area contributed by atoms with Crippen molar-refractivity contribution in [2.45, 2.75) is 6.42 Å². The van der Waals surface area contributed by atoms with Crippen molar-refractivity contribution >= 4 is 23.2 Å². The molecule has 0 radical (unpaired) electrons. The zero-order valence-corrected chi connectivity index (χ0v) is 13.0. The smallest absolute Gasteiger partial charge is 0.229 e. The Kier molecular flexibility index (Phi) is 4.62. The van der Waals surface area contributed by atoms with Crippen LogP contribution in [0.15, 0.2) is 30.3 Å². The minimum absolute atomic E-state index is 0.0150. The molecule has 0 saturated carbocycles. The van der Waals surface area contributed by atoms with Crippen LogP contribution in [0.1, 0.15) is 6.42 Å². The van der Waals surface area contributed by atoms with Crippen LogP contribution < -0.4 is 10.2 Å². The number of nitrogens with one attached hydrogen (secondary N) is 1. The minimum Gasteiger partial charge on any atom is -0.326 e. The van der Waals surface area contributed by atoms with Crippen molar-refractivity contribution in [2.75, 3.05) is 16.8 Å². The molecule has 1 atom stereocenters. The third kappa shape index (κ3) is 3.24. The second-order valence-corrected chi connectivity index (χ2v) is 5.72. The Bertz CT molecular complexity index is 903. The molecular weight excluding hydrogens is 359 g/mol. The van der Waals surface area contributed by atoms with Crippen LogP contribution in [-0.4, -0.2) is 18.4 Å². The highest BCUT2D eigenvalue weighted by molar-refractivity contribution is 6.03. The van der Waals surface area contributed by atoms with E-state index >= 15 is 0 Å². The van der Waals surface area contributed by atoms with Crippen molar-refractivity contribution in [3.05, 3.63) is 59.4 Å². The van der Waals surface area contributed by atoms with Gasteiger partial charge in [-0.25, -0.2) is 22.0 Å². The van der Waals surface area contributed by atoms with Gasteiger partial charge in [-0.05, 0) is 24.3 Å². The Hall–Kier alpha value is -2.97. The summed E-state index contributed by atoms with van der Waals surface area (Å²) in [5.41, 5.74) is -0.490. The summed E-state index contributed by atoms with van der Waals surface area (Å²) >= 11 is 0. The van der Waals surface area contributed by atoms with Gasteiger partial charge in [0, 0.05) is 24.7 Å². The first kappa shape index (κ1) is 17.8. The van der Waals surface area contributed by atoms with Crippen LogP contribution in [0.2, 0.25) is 0 Å². The molecule has 26 heavy (non-hydrogen) atoms. The van der Waals surface area contributed by atoms with Crippen LogP contribution in [0.5, 0.6) is 0 Å². The standard InChI is InChI=1S/C17H11F5N2O2/c18-10-2-1-9(6-12(10)20)23-17(26)8-5-14(25)24(7-8)13-4-3-11(19)15(21)16(13)22/h1-4,6,8H,5,7H2,(H,23,26). The summed E-state index contributed by atoms with van der Waals surface area (Å²) < 4.78 is 66.3. The molecular formula is C17H11F5N2O2. The summed E-state index contributed by atoms with van der Waals surface area (Å²) in [5.74, 6) is -9.14. The Morgan fingerprint density at radius 1 is 0.962 bits per heavy atom. The molecule has 3 rings (SSSR count). The fraction of sp³-hybridized carbons (Fsp3) is 0.176. The molecule has 9 heteroatoms. The molecule has 4 nitrogen and oxygen atoms in total. The summed E-state index contributed by atoms with van der Waals surface area (Å²) in [6.07, 6.45) is -0.298. The van der Waals surface area contributed by atoms with E-state index in [1.807, 2.05) is 0 Å². The average Bonchev–Trinajstić information content (AvgIpc) is 2.98. The van der Waals surface area contributed by atoms with E-state index in [1.165, 1.54) is 0 Å². The van der Waals surface area contributed by atoms with Gasteiger partial charge in [-0.3, -0.25) is 9.59 Å². The van der Waals surface area contributed by atoms with Gasteiger partial charge in [-0.1, -0.05) is 0 Å². The highest BCUT2D eigenvalue weighted by Gasteiger charge is 2.37. The molecule has 1 aliphatic heterocycles. The maximum atomic E-state index is 13.9. The molecule has 0 spiro atoms. The van der Waals surface area contributed by atoms with Crippen LogP contribution >= 0.6 is 0 Å². The molecule has 1 N–H and O–H groups in total. The highest BCUT2D eigenvalue weighted by atomic mass is 19.2. The van der Waals surface area contributed by atoms with Crippen LogP contribution in [0.4, 0.5) is 33.3 Å². The van der Waals surface area contributed by atoms with Gasteiger partial charge >= 0.3 is 0 Å². The predicted octanol–water partition coefficient (Wildman–Crippen LogP) is 3.37. The number of rotatable bonds is 3. The third-order valence-electron chi connectivity index (χ3n) is 3.99. The Morgan fingerprint density at radius 3 is 2.35 bits per heavy atom. The number of amides is 2. The molecule has 136 valence electrons. The van der Waals surface area contributed by atoms with Gasteiger partial charge in [0.05, 0.1) is 11.6 Å². The Morgan fingerprint density at radius 2 is 1.65 bits per heavy atom. The van der Waals surface area contributed by atoms with Crippen LogP contribution in [-0.2, 0) is 9.59 Å². The van der Waals surface area contributed by atoms with Crippen molar-refractivity contribution in [1.82, 2.24) is 0 Å². The maximum absolute atomic E-state index is 13.9. The number of carbonyl (C=O) groups is 2. The van der Waals surface area contributed by atoms with E-state index in [2.05, 4.69) is 5.32 Å². The summed E-state index contributed by atoms with van der Waals surface area (Å²) in [6, 6.07) is 4.32. The first-order chi connectivity index (χ1) is 12.3. The normalized spacial score (nSPS) is 16.9. The van der Waals surface area contributed by atoms with E-state index in [0.29, 0.717) is 6.07 Å². The molecule has 1 fully saturated rings. The summed E-state index contributed by atoms with van der Waals surface area (Å²) in [6.45, 7) is -0.268. The zero-order valence-electron chi connectivity index (χ0n) is 13.0. The minimum atomic E-state index is -1.72. The SMILES string of the molecule is O=C(Nc1ccc(F)c(F)c1)C1CC(=O)N(c2ccc(F)c(F)c2F)C1. The predicted molar refractivity (Wildman–Crippen MR) is 81.8 cm³/mol. The second kappa shape index (κ2) is 6.74. The second-order valence-electron chi connectivity index (χ2n) is 5.72. The van der Waals surface area contributed by atoms with Crippen LogP contribution in [0, 0.1) is 35.0 Å².